The molecule has 2 N–H and O–H groups in total. The summed E-state index contributed by atoms with van der Waals surface area (Å²) in [6.07, 6.45) is 2.41. The third-order valence-electron chi connectivity index (χ3n) is 3.48. The van der Waals surface area contributed by atoms with Gasteiger partial charge in [-0.1, -0.05) is 6.58 Å². The van der Waals surface area contributed by atoms with Gasteiger partial charge in [-0.25, -0.2) is 4.79 Å². The van der Waals surface area contributed by atoms with Crippen LogP contribution in [0.15, 0.2) is 12.7 Å². The maximum Gasteiger partial charge on any atom is 0.408 e. The number of nitrogens with zero attached hydrogens (tertiary/aromatic N) is 1. The highest BCUT2D eigenvalue weighted by molar-refractivity contribution is 5.87. The van der Waals surface area contributed by atoms with E-state index in [9.17, 15) is 14.4 Å². The largest absolute Gasteiger partial charge is 0.444 e. The molecule has 23 heavy (non-hydrogen) atoms. The summed E-state index contributed by atoms with van der Waals surface area (Å²) in [7, 11) is 0. The van der Waals surface area contributed by atoms with Gasteiger partial charge in [0.2, 0.25) is 11.8 Å². The van der Waals surface area contributed by atoms with Gasteiger partial charge in [-0.3, -0.25) is 9.59 Å². The minimum atomic E-state index is -0.608. The summed E-state index contributed by atoms with van der Waals surface area (Å²) < 4.78 is 5.05. The number of rotatable bonds is 5. The quantitative estimate of drug-likeness (QED) is 0.740. The van der Waals surface area contributed by atoms with Crippen LogP contribution in [0.25, 0.3) is 0 Å². The van der Waals surface area contributed by atoms with Crippen LogP contribution < -0.4 is 10.6 Å². The Kier molecular flexibility index (Phi) is 7.06. The number of nitrogens with one attached hydrogen (secondary N) is 2. The first-order valence-corrected chi connectivity index (χ1v) is 7.86. The Morgan fingerprint density at radius 1 is 1.22 bits per heavy atom. The molecule has 0 aliphatic carbocycles. The van der Waals surface area contributed by atoms with Crippen LogP contribution >= 0.6 is 0 Å². The predicted molar refractivity (Wildman–Crippen MR) is 86.7 cm³/mol. The molecule has 0 aromatic carbocycles. The van der Waals surface area contributed by atoms with Crippen molar-refractivity contribution < 1.29 is 19.1 Å². The summed E-state index contributed by atoms with van der Waals surface area (Å²) in [5.41, 5.74) is -0.586. The van der Waals surface area contributed by atoms with Gasteiger partial charge < -0.3 is 20.3 Å². The molecule has 7 nitrogen and oxygen atoms in total. The molecule has 1 aliphatic heterocycles. The van der Waals surface area contributed by atoms with Crippen LogP contribution in [0.1, 0.15) is 33.6 Å². The van der Waals surface area contributed by atoms with E-state index in [1.54, 1.807) is 25.7 Å². The summed E-state index contributed by atoms with van der Waals surface area (Å²) in [6, 6.07) is 0. The number of ether oxygens (including phenoxy) is 1. The Bertz CT molecular complexity index is 449. The number of likely N-dealkylation sites (tertiary alicyclic amines) is 1. The number of piperidine rings is 1. The fraction of sp³-hybridized carbons (Fsp3) is 0.688. The Balaban J connectivity index is 2.19. The van der Waals surface area contributed by atoms with Crippen molar-refractivity contribution >= 4 is 17.9 Å². The minimum Gasteiger partial charge on any atom is -0.444 e. The molecule has 1 fully saturated rings. The molecule has 0 aromatic heterocycles. The molecule has 130 valence electrons. The summed E-state index contributed by atoms with van der Waals surface area (Å²) in [5, 5.41) is 5.21. The number of carbonyl (C=O) groups is 3. The zero-order valence-electron chi connectivity index (χ0n) is 14.2. The van der Waals surface area contributed by atoms with Gasteiger partial charge in [0, 0.05) is 19.6 Å². The van der Waals surface area contributed by atoms with Gasteiger partial charge in [0.1, 0.15) is 5.60 Å². The smallest absolute Gasteiger partial charge is 0.408 e. The van der Waals surface area contributed by atoms with E-state index < -0.39 is 11.7 Å². The number of carbonyl (C=O) groups excluding carboxylic acids is 3. The lowest BCUT2D eigenvalue weighted by molar-refractivity contribution is -0.127. The molecule has 7 heteroatoms. The van der Waals surface area contributed by atoms with E-state index >= 15 is 0 Å². The molecule has 0 radical (unpaired) electrons. The van der Waals surface area contributed by atoms with Crippen LogP contribution in [0.2, 0.25) is 0 Å². The summed E-state index contributed by atoms with van der Waals surface area (Å²) in [5.74, 6) is 0.0452. The zero-order valence-corrected chi connectivity index (χ0v) is 14.2. The topological polar surface area (TPSA) is 87.7 Å². The first-order valence-electron chi connectivity index (χ1n) is 7.86. The third-order valence-corrected chi connectivity index (χ3v) is 3.48. The van der Waals surface area contributed by atoms with E-state index in [0.29, 0.717) is 25.6 Å². The van der Waals surface area contributed by atoms with Gasteiger partial charge >= 0.3 is 6.09 Å². The third kappa shape index (κ3) is 7.67. The Hall–Kier alpha value is -2.05. The van der Waals surface area contributed by atoms with Crippen LogP contribution in [0.4, 0.5) is 4.79 Å². The lowest BCUT2D eigenvalue weighted by Crippen LogP contribution is -2.43. The molecule has 0 spiro atoms. The minimum absolute atomic E-state index is 0.0472. The van der Waals surface area contributed by atoms with E-state index in [1.165, 1.54) is 6.08 Å². The molecule has 0 saturated carbocycles. The Morgan fingerprint density at radius 3 is 2.35 bits per heavy atom. The fourth-order valence-electron chi connectivity index (χ4n) is 2.27. The molecule has 1 heterocycles. The molecular weight excluding hydrogens is 298 g/mol. The van der Waals surface area contributed by atoms with Crippen molar-refractivity contribution in [3.63, 3.8) is 0 Å². The molecular formula is C16H27N3O4. The van der Waals surface area contributed by atoms with Crippen molar-refractivity contribution in [2.45, 2.75) is 39.2 Å². The van der Waals surface area contributed by atoms with Crippen LogP contribution in [0, 0.1) is 5.92 Å². The van der Waals surface area contributed by atoms with Crippen molar-refractivity contribution in [3.05, 3.63) is 12.7 Å². The van der Waals surface area contributed by atoms with Crippen LogP contribution in [0.3, 0.4) is 0 Å². The molecule has 1 aliphatic rings. The number of alkyl carbamates (subject to hydrolysis) is 1. The van der Waals surface area contributed by atoms with Gasteiger partial charge in [-0.15, -0.1) is 0 Å². The average Bonchev–Trinajstić information content (AvgIpc) is 2.49. The second-order valence-electron chi connectivity index (χ2n) is 6.63. The average molecular weight is 325 g/mol. The highest BCUT2D eigenvalue weighted by Crippen LogP contribution is 2.16. The first kappa shape index (κ1) is 19.0. The van der Waals surface area contributed by atoms with Crippen molar-refractivity contribution in [2.75, 3.05) is 26.2 Å². The lowest BCUT2D eigenvalue weighted by Gasteiger charge is -2.31. The van der Waals surface area contributed by atoms with Gasteiger partial charge in [-0.2, -0.15) is 0 Å². The van der Waals surface area contributed by atoms with Crippen molar-refractivity contribution in [1.29, 1.82) is 0 Å². The van der Waals surface area contributed by atoms with E-state index in [2.05, 4.69) is 17.2 Å². The van der Waals surface area contributed by atoms with Crippen LogP contribution in [-0.2, 0) is 14.3 Å². The molecule has 1 rings (SSSR count). The Morgan fingerprint density at radius 2 is 1.83 bits per heavy atom. The van der Waals surface area contributed by atoms with Gasteiger partial charge in [0.15, 0.2) is 0 Å². The maximum absolute atomic E-state index is 11.7. The summed E-state index contributed by atoms with van der Waals surface area (Å²) in [6.45, 7) is 10.6. The van der Waals surface area contributed by atoms with Crippen molar-refractivity contribution in [1.82, 2.24) is 15.5 Å². The SMILES string of the molecule is C=CC(=O)N1CCC(CNC(=O)CNC(=O)OC(C)(C)C)CC1. The number of hydrogen-bond acceptors (Lipinski definition) is 4. The molecule has 0 aromatic rings. The van der Waals surface area contributed by atoms with Crippen molar-refractivity contribution in [3.8, 4) is 0 Å². The van der Waals surface area contributed by atoms with E-state index in [1.807, 2.05) is 0 Å². The monoisotopic (exact) mass is 325 g/mol. The first-order chi connectivity index (χ1) is 10.7. The van der Waals surface area contributed by atoms with Crippen LogP contribution in [0.5, 0.6) is 0 Å². The number of amides is 3. The maximum atomic E-state index is 11.7. The van der Waals surface area contributed by atoms with Gasteiger partial charge in [0.25, 0.3) is 0 Å². The van der Waals surface area contributed by atoms with Crippen LogP contribution in [-0.4, -0.2) is 54.6 Å². The van der Waals surface area contributed by atoms with E-state index in [0.717, 1.165) is 12.8 Å². The molecule has 3 amide bonds. The number of hydrogen-bond donors (Lipinski definition) is 2. The lowest BCUT2D eigenvalue weighted by atomic mass is 9.96. The molecule has 1 saturated heterocycles. The fourth-order valence-corrected chi connectivity index (χ4v) is 2.27. The standard InChI is InChI=1S/C16H27N3O4/c1-5-14(21)19-8-6-12(7-9-19)10-17-13(20)11-18-15(22)23-16(2,3)4/h5,12H,1,6-11H2,2-4H3,(H,17,20)(H,18,22). The molecule has 0 unspecified atom stereocenters. The van der Waals surface area contributed by atoms with Gasteiger partial charge in [0.05, 0.1) is 6.54 Å². The molecule has 0 atom stereocenters. The normalized spacial score (nSPS) is 15.7. The van der Waals surface area contributed by atoms with Gasteiger partial charge in [-0.05, 0) is 45.6 Å². The molecule has 0 bridgehead atoms. The summed E-state index contributed by atoms with van der Waals surface area (Å²) >= 11 is 0. The van der Waals surface area contributed by atoms with Crippen molar-refractivity contribution in [2.24, 2.45) is 5.92 Å². The van der Waals surface area contributed by atoms with E-state index in [-0.39, 0.29) is 18.4 Å². The zero-order chi connectivity index (χ0) is 17.5. The second-order valence-corrected chi connectivity index (χ2v) is 6.63. The second kappa shape index (κ2) is 8.55. The highest BCUT2D eigenvalue weighted by atomic mass is 16.6. The van der Waals surface area contributed by atoms with E-state index in [4.69, 9.17) is 4.74 Å². The summed E-state index contributed by atoms with van der Waals surface area (Å²) in [4.78, 5) is 36.4. The Labute approximate surface area is 137 Å². The highest BCUT2D eigenvalue weighted by Gasteiger charge is 2.22. The predicted octanol–water partition coefficient (Wildman–Crippen LogP) is 1.05.